The molecule has 1 heterocycles. The van der Waals surface area contributed by atoms with Crippen molar-refractivity contribution in [1.82, 2.24) is 15.3 Å². The number of nitrogens with zero attached hydrogens (tertiary/aromatic N) is 1. The van der Waals surface area contributed by atoms with Crippen LogP contribution < -0.4 is 5.32 Å². The number of imidazole rings is 1. The average molecular weight is 235 g/mol. The van der Waals surface area contributed by atoms with Gasteiger partial charge in [0.2, 0.25) is 0 Å². The molecule has 3 heteroatoms. The van der Waals surface area contributed by atoms with E-state index in [9.17, 15) is 0 Å². The summed E-state index contributed by atoms with van der Waals surface area (Å²) in [5, 5.41) is 3.60. The Balaban J connectivity index is 1.72. The minimum Gasteiger partial charge on any atom is -0.348 e. The molecule has 0 amide bonds. The van der Waals surface area contributed by atoms with Crippen molar-refractivity contribution in [2.75, 3.05) is 0 Å². The van der Waals surface area contributed by atoms with Crippen molar-refractivity contribution >= 4 is 0 Å². The van der Waals surface area contributed by atoms with Crippen LogP contribution >= 0.6 is 0 Å². The molecule has 96 valence electrons. The maximum absolute atomic E-state index is 4.24. The SMILES string of the molecule is CC(C)(C)C1CCC(NCc2ncc[nH]2)CC1. The third kappa shape index (κ3) is 3.56. The van der Waals surface area contributed by atoms with Crippen molar-refractivity contribution < 1.29 is 0 Å². The summed E-state index contributed by atoms with van der Waals surface area (Å²) in [4.78, 5) is 7.37. The minimum atomic E-state index is 0.478. The largest absolute Gasteiger partial charge is 0.348 e. The summed E-state index contributed by atoms with van der Waals surface area (Å²) < 4.78 is 0. The van der Waals surface area contributed by atoms with Crippen molar-refractivity contribution in [1.29, 1.82) is 0 Å². The number of aromatic amines is 1. The van der Waals surface area contributed by atoms with E-state index in [1.807, 2.05) is 12.4 Å². The van der Waals surface area contributed by atoms with Crippen LogP contribution in [0.4, 0.5) is 0 Å². The Labute approximate surface area is 104 Å². The van der Waals surface area contributed by atoms with E-state index in [0.717, 1.165) is 18.3 Å². The molecule has 0 spiro atoms. The van der Waals surface area contributed by atoms with Gasteiger partial charge in [0.1, 0.15) is 5.82 Å². The van der Waals surface area contributed by atoms with E-state index in [4.69, 9.17) is 0 Å². The Morgan fingerprint density at radius 3 is 2.53 bits per heavy atom. The zero-order valence-electron chi connectivity index (χ0n) is 11.3. The van der Waals surface area contributed by atoms with Crippen molar-refractivity contribution in [3.8, 4) is 0 Å². The summed E-state index contributed by atoms with van der Waals surface area (Å²) in [6.07, 6.45) is 9.03. The molecule has 2 N–H and O–H groups in total. The highest BCUT2D eigenvalue weighted by Crippen LogP contribution is 2.37. The summed E-state index contributed by atoms with van der Waals surface area (Å²) in [5.74, 6) is 1.94. The normalized spacial score (nSPS) is 26.1. The van der Waals surface area contributed by atoms with Crippen molar-refractivity contribution in [3.63, 3.8) is 0 Å². The van der Waals surface area contributed by atoms with Crippen molar-refractivity contribution in [2.24, 2.45) is 11.3 Å². The summed E-state index contributed by atoms with van der Waals surface area (Å²) in [7, 11) is 0. The lowest BCUT2D eigenvalue weighted by atomic mass is 9.71. The Kier molecular flexibility index (Phi) is 3.87. The third-order valence-corrected chi connectivity index (χ3v) is 4.06. The van der Waals surface area contributed by atoms with E-state index in [1.165, 1.54) is 25.7 Å². The van der Waals surface area contributed by atoms with Gasteiger partial charge in [-0.3, -0.25) is 0 Å². The average Bonchev–Trinajstić information content (AvgIpc) is 2.78. The van der Waals surface area contributed by atoms with Gasteiger partial charge in [0, 0.05) is 18.4 Å². The first-order chi connectivity index (χ1) is 8.05. The molecule has 1 aromatic heterocycles. The summed E-state index contributed by atoms with van der Waals surface area (Å²) in [5.41, 5.74) is 0.478. The van der Waals surface area contributed by atoms with Gasteiger partial charge < -0.3 is 10.3 Å². The molecule has 0 radical (unpaired) electrons. The van der Waals surface area contributed by atoms with Crippen LogP contribution in [-0.4, -0.2) is 16.0 Å². The number of rotatable bonds is 3. The molecule has 2 rings (SSSR count). The highest BCUT2D eigenvalue weighted by atomic mass is 15.0. The fourth-order valence-electron chi connectivity index (χ4n) is 2.80. The van der Waals surface area contributed by atoms with Crippen LogP contribution in [0, 0.1) is 11.3 Å². The Morgan fingerprint density at radius 1 is 1.29 bits per heavy atom. The van der Waals surface area contributed by atoms with Gasteiger partial charge in [0.05, 0.1) is 6.54 Å². The van der Waals surface area contributed by atoms with Gasteiger partial charge in [0.25, 0.3) is 0 Å². The van der Waals surface area contributed by atoms with Crippen LogP contribution in [0.25, 0.3) is 0 Å². The standard InChI is InChI=1S/C14H25N3/c1-14(2,3)11-4-6-12(7-5-11)17-10-13-15-8-9-16-13/h8-9,11-12,17H,4-7,10H2,1-3H3,(H,15,16). The maximum atomic E-state index is 4.24. The van der Waals surface area contributed by atoms with E-state index in [-0.39, 0.29) is 0 Å². The van der Waals surface area contributed by atoms with Crippen LogP contribution in [-0.2, 0) is 6.54 Å². The molecule has 0 saturated heterocycles. The first-order valence-corrected chi connectivity index (χ1v) is 6.77. The number of hydrogen-bond donors (Lipinski definition) is 2. The maximum Gasteiger partial charge on any atom is 0.120 e. The number of H-pyrrole nitrogens is 1. The predicted molar refractivity (Wildman–Crippen MR) is 70.6 cm³/mol. The molecule has 3 nitrogen and oxygen atoms in total. The second kappa shape index (κ2) is 5.21. The molecular weight excluding hydrogens is 210 g/mol. The molecule has 1 aromatic rings. The van der Waals surface area contributed by atoms with Gasteiger partial charge in [0.15, 0.2) is 0 Å². The highest BCUT2D eigenvalue weighted by molar-refractivity contribution is 4.88. The monoisotopic (exact) mass is 235 g/mol. The summed E-state index contributed by atoms with van der Waals surface area (Å²) in [6, 6.07) is 0.679. The van der Waals surface area contributed by atoms with E-state index in [1.54, 1.807) is 0 Å². The molecule has 1 fully saturated rings. The van der Waals surface area contributed by atoms with E-state index in [0.29, 0.717) is 11.5 Å². The van der Waals surface area contributed by atoms with Gasteiger partial charge in [-0.1, -0.05) is 20.8 Å². The lowest BCUT2D eigenvalue weighted by Crippen LogP contribution is -2.36. The van der Waals surface area contributed by atoms with Gasteiger partial charge in [-0.05, 0) is 37.0 Å². The molecule has 0 bridgehead atoms. The lowest BCUT2D eigenvalue weighted by molar-refractivity contribution is 0.159. The van der Waals surface area contributed by atoms with Crippen molar-refractivity contribution in [3.05, 3.63) is 18.2 Å². The van der Waals surface area contributed by atoms with Gasteiger partial charge in [-0.15, -0.1) is 0 Å². The fraction of sp³-hybridized carbons (Fsp3) is 0.786. The second-order valence-electron chi connectivity index (χ2n) is 6.33. The van der Waals surface area contributed by atoms with Crippen LogP contribution in [0.15, 0.2) is 12.4 Å². The molecule has 0 unspecified atom stereocenters. The van der Waals surface area contributed by atoms with Crippen LogP contribution in [0.2, 0.25) is 0 Å². The van der Waals surface area contributed by atoms with Crippen LogP contribution in [0.3, 0.4) is 0 Å². The molecule has 1 aliphatic carbocycles. The second-order valence-corrected chi connectivity index (χ2v) is 6.33. The first-order valence-electron chi connectivity index (χ1n) is 6.77. The zero-order valence-corrected chi connectivity index (χ0v) is 11.3. The summed E-state index contributed by atoms with van der Waals surface area (Å²) in [6.45, 7) is 7.98. The van der Waals surface area contributed by atoms with Gasteiger partial charge in [-0.25, -0.2) is 4.98 Å². The Bertz CT molecular complexity index is 316. The van der Waals surface area contributed by atoms with Gasteiger partial charge in [-0.2, -0.15) is 0 Å². The number of nitrogens with one attached hydrogen (secondary N) is 2. The molecule has 0 aliphatic heterocycles. The van der Waals surface area contributed by atoms with E-state index in [2.05, 4.69) is 36.1 Å². The third-order valence-electron chi connectivity index (χ3n) is 4.06. The van der Waals surface area contributed by atoms with Crippen LogP contribution in [0.5, 0.6) is 0 Å². The predicted octanol–water partition coefficient (Wildman–Crippen LogP) is 3.10. The summed E-state index contributed by atoms with van der Waals surface area (Å²) >= 11 is 0. The van der Waals surface area contributed by atoms with Gasteiger partial charge >= 0.3 is 0 Å². The number of aromatic nitrogens is 2. The topological polar surface area (TPSA) is 40.7 Å². The van der Waals surface area contributed by atoms with E-state index >= 15 is 0 Å². The van der Waals surface area contributed by atoms with E-state index < -0.39 is 0 Å². The smallest absolute Gasteiger partial charge is 0.120 e. The number of hydrogen-bond acceptors (Lipinski definition) is 2. The molecule has 0 aromatic carbocycles. The highest BCUT2D eigenvalue weighted by Gasteiger charge is 2.29. The first kappa shape index (κ1) is 12.6. The zero-order chi connectivity index (χ0) is 12.3. The molecule has 1 saturated carbocycles. The molecule has 17 heavy (non-hydrogen) atoms. The molecule has 1 aliphatic rings. The molecule has 0 atom stereocenters. The fourth-order valence-corrected chi connectivity index (χ4v) is 2.80. The molecular formula is C14H25N3. The lowest BCUT2D eigenvalue weighted by Gasteiger charge is -2.37. The van der Waals surface area contributed by atoms with Crippen molar-refractivity contribution in [2.45, 2.75) is 59.0 Å². The Morgan fingerprint density at radius 2 is 2.00 bits per heavy atom. The Hall–Kier alpha value is -0.830. The quantitative estimate of drug-likeness (QED) is 0.845. The van der Waals surface area contributed by atoms with Crippen LogP contribution in [0.1, 0.15) is 52.3 Å². The minimum absolute atomic E-state index is 0.478.